The van der Waals surface area contributed by atoms with Gasteiger partial charge in [-0.2, -0.15) is 13.2 Å². The van der Waals surface area contributed by atoms with Crippen LogP contribution in [0.3, 0.4) is 0 Å². The maximum absolute atomic E-state index is 12.5. The quantitative estimate of drug-likeness (QED) is 0.874. The lowest BCUT2D eigenvalue weighted by Gasteiger charge is -2.23. The predicted molar refractivity (Wildman–Crippen MR) is 66.5 cm³/mol. The Balaban J connectivity index is 2.65. The maximum Gasteiger partial charge on any atom is 0.403 e. The largest absolute Gasteiger partial charge is 0.497 e. The second kappa shape index (κ2) is 6.60. The number of carboxylic acids is 1. The third kappa shape index (κ3) is 4.73. The summed E-state index contributed by atoms with van der Waals surface area (Å²) in [6, 6.07) is 6.83. The zero-order valence-electron chi connectivity index (χ0n) is 11.1. The molecule has 112 valence electrons. The summed E-state index contributed by atoms with van der Waals surface area (Å²) in [6.45, 7) is -0.366. The molecule has 0 bridgehead atoms. The summed E-state index contributed by atoms with van der Waals surface area (Å²) in [5.74, 6) is -3.60. The number of nitrogens with zero attached hydrogens (tertiary/aromatic N) is 1. The molecule has 4 nitrogen and oxygen atoms in total. The third-order valence-electron chi connectivity index (χ3n) is 2.80. The Morgan fingerprint density at radius 1 is 1.35 bits per heavy atom. The average Bonchev–Trinajstić information content (AvgIpc) is 2.35. The van der Waals surface area contributed by atoms with Gasteiger partial charge >= 0.3 is 12.1 Å². The molecule has 0 aromatic heterocycles. The van der Waals surface area contributed by atoms with E-state index < -0.39 is 24.6 Å². The Labute approximate surface area is 114 Å². The van der Waals surface area contributed by atoms with Crippen molar-refractivity contribution in [1.29, 1.82) is 0 Å². The second-order valence-electron chi connectivity index (χ2n) is 4.48. The van der Waals surface area contributed by atoms with Crippen LogP contribution in [-0.2, 0) is 11.3 Å². The standard InChI is InChI=1S/C13H16F3NO3/c1-17(8-11(12(18)19)13(14,15)16)7-9-3-5-10(20-2)6-4-9/h3-6,11H,7-8H2,1-2H3,(H,18,19). The van der Waals surface area contributed by atoms with Crippen LogP contribution in [0, 0.1) is 5.92 Å². The third-order valence-corrected chi connectivity index (χ3v) is 2.80. The van der Waals surface area contributed by atoms with Crippen molar-refractivity contribution in [3.05, 3.63) is 29.8 Å². The number of hydrogen-bond acceptors (Lipinski definition) is 3. The normalized spacial score (nSPS) is 13.3. The molecule has 7 heteroatoms. The zero-order chi connectivity index (χ0) is 15.3. The van der Waals surface area contributed by atoms with Crippen molar-refractivity contribution in [2.24, 2.45) is 5.92 Å². The van der Waals surface area contributed by atoms with E-state index in [4.69, 9.17) is 9.84 Å². The van der Waals surface area contributed by atoms with Gasteiger partial charge in [-0.05, 0) is 24.7 Å². The van der Waals surface area contributed by atoms with Gasteiger partial charge in [0, 0.05) is 13.1 Å². The van der Waals surface area contributed by atoms with E-state index in [2.05, 4.69) is 0 Å². The van der Waals surface area contributed by atoms with Crippen LogP contribution in [0.5, 0.6) is 5.75 Å². The van der Waals surface area contributed by atoms with E-state index in [0.29, 0.717) is 5.75 Å². The molecule has 0 spiro atoms. The fourth-order valence-electron chi connectivity index (χ4n) is 1.74. The van der Waals surface area contributed by atoms with Crippen LogP contribution in [0.15, 0.2) is 24.3 Å². The molecular formula is C13H16F3NO3. The van der Waals surface area contributed by atoms with Crippen molar-refractivity contribution in [3.8, 4) is 5.75 Å². The van der Waals surface area contributed by atoms with Crippen molar-refractivity contribution in [3.63, 3.8) is 0 Å². The molecular weight excluding hydrogens is 275 g/mol. The number of benzene rings is 1. The number of carboxylic acid groups (broad SMARTS) is 1. The minimum Gasteiger partial charge on any atom is -0.497 e. The lowest BCUT2D eigenvalue weighted by molar-refractivity contribution is -0.196. The highest BCUT2D eigenvalue weighted by molar-refractivity contribution is 5.71. The van der Waals surface area contributed by atoms with Crippen molar-refractivity contribution < 1.29 is 27.8 Å². The highest BCUT2D eigenvalue weighted by Gasteiger charge is 2.45. The van der Waals surface area contributed by atoms with Gasteiger partial charge in [-0.15, -0.1) is 0 Å². The molecule has 0 radical (unpaired) electrons. The number of methoxy groups -OCH3 is 1. The van der Waals surface area contributed by atoms with Crippen LogP contribution in [0.1, 0.15) is 5.56 Å². The molecule has 0 aliphatic rings. The minimum atomic E-state index is -4.75. The van der Waals surface area contributed by atoms with Gasteiger partial charge < -0.3 is 14.7 Å². The number of carbonyl (C=O) groups is 1. The first kappa shape index (κ1) is 16.3. The van der Waals surface area contributed by atoms with Gasteiger partial charge in [-0.3, -0.25) is 4.79 Å². The minimum absolute atomic E-state index is 0.226. The van der Waals surface area contributed by atoms with E-state index in [-0.39, 0.29) is 6.54 Å². The molecule has 1 atom stereocenters. The molecule has 1 N–H and O–H groups in total. The van der Waals surface area contributed by atoms with Gasteiger partial charge in [0.05, 0.1) is 7.11 Å². The summed E-state index contributed by atoms with van der Waals surface area (Å²) in [5, 5.41) is 8.63. The smallest absolute Gasteiger partial charge is 0.403 e. The number of aliphatic carboxylic acids is 1. The lowest BCUT2D eigenvalue weighted by Crippen LogP contribution is -2.39. The van der Waals surface area contributed by atoms with Crippen molar-refractivity contribution in [1.82, 2.24) is 4.90 Å². The van der Waals surface area contributed by atoms with E-state index in [1.165, 1.54) is 19.1 Å². The van der Waals surface area contributed by atoms with Crippen molar-refractivity contribution in [2.75, 3.05) is 20.7 Å². The summed E-state index contributed by atoms with van der Waals surface area (Å²) in [5.41, 5.74) is 0.777. The molecule has 0 fully saturated rings. The van der Waals surface area contributed by atoms with Crippen LogP contribution >= 0.6 is 0 Å². The summed E-state index contributed by atoms with van der Waals surface area (Å²) in [4.78, 5) is 12.0. The molecule has 1 aromatic rings. The van der Waals surface area contributed by atoms with Crippen LogP contribution in [-0.4, -0.2) is 42.9 Å². The Kier molecular flexibility index (Phi) is 5.38. The van der Waals surface area contributed by atoms with E-state index in [9.17, 15) is 18.0 Å². The summed E-state index contributed by atoms with van der Waals surface area (Å²) >= 11 is 0. The van der Waals surface area contributed by atoms with Crippen molar-refractivity contribution >= 4 is 5.97 Å². The molecule has 20 heavy (non-hydrogen) atoms. The van der Waals surface area contributed by atoms with Gasteiger partial charge in [-0.1, -0.05) is 12.1 Å². The lowest BCUT2D eigenvalue weighted by atomic mass is 10.1. The van der Waals surface area contributed by atoms with Crippen molar-refractivity contribution in [2.45, 2.75) is 12.7 Å². The van der Waals surface area contributed by atoms with Gasteiger partial charge in [0.25, 0.3) is 0 Å². The molecule has 1 aromatic carbocycles. The number of rotatable bonds is 6. The zero-order valence-corrected chi connectivity index (χ0v) is 11.1. The molecule has 0 aliphatic heterocycles. The van der Waals surface area contributed by atoms with Gasteiger partial charge in [-0.25, -0.2) is 0 Å². The highest BCUT2D eigenvalue weighted by atomic mass is 19.4. The van der Waals surface area contributed by atoms with Crippen LogP contribution in [0.25, 0.3) is 0 Å². The topological polar surface area (TPSA) is 49.8 Å². The Morgan fingerprint density at radius 2 is 1.90 bits per heavy atom. The molecule has 1 unspecified atom stereocenters. The molecule has 0 aliphatic carbocycles. The molecule has 0 saturated heterocycles. The van der Waals surface area contributed by atoms with Crippen LogP contribution in [0.4, 0.5) is 13.2 Å². The number of ether oxygens (including phenoxy) is 1. The number of hydrogen-bond donors (Lipinski definition) is 1. The molecule has 0 heterocycles. The van der Waals surface area contributed by atoms with Crippen LogP contribution < -0.4 is 4.74 Å². The van der Waals surface area contributed by atoms with Crippen LogP contribution in [0.2, 0.25) is 0 Å². The van der Waals surface area contributed by atoms with Gasteiger partial charge in [0.2, 0.25) is 0 Å². The first-order valence-corrected chi connectivity index (χ1v) is 5.85. The molecule has 0 saturated carbocycles. The summed E-state index contributed by atoms with van der Waals surface area (Å²) < 4.78 is 42.6. The van der Waals surface area contributed by atoms with E-state index >= 15 is 0 Å². The maximum atomic E-state index is 12.5. The van der Waals surface area contributed by atoms with E-state index in [1.54, 1.807) is 24.3 Å². The van der Waals surface area contributed by atoms with Gasteiger partial charge in [0.15, 0.2) is 5.92 Å². The Bertz CT molecular complexity index is 445. The first-order chi connectivity index (χ1) is 9.24. The number of halogens is 3. The van der Waals surface area contributed by atoms with Gasteiger partial charge in [0.1, 0.15) is 5.75 Å². The Hall–Kier alpha value is -1.76. The average molecular weight is 291 g/mol. The number of alkyl halides is 3. The highest BCUT2D eigenvalue weighted by Crippen LogP contribution is 2.27. The fraction of sp³-hybridized carbons (Fsp3) is 0.462. The summed E-state index contributed by atoms with van der Waals surface area (Å²) in [7, 11) is 2.97. The fourth-order valence-corrected chi connectivity index (χ4v) is 1.74. The SMILES string of the molecule is COc1ccc(CN(C)CC(C(=O)O)C(F)(F)F)cc1. The summed E-state index contributed by atoms with van der Waals surface area (Å²) in [6.07, 6.45) is -4.75. The first-order valence-electron chi connectivity index (χ1n) is 5.85. The predicted octanol–water partition coefficient (Wildman–Crippen LogP) is 2.39. The monoisotopic (exact) mass is 291 g/mol. The Morgan fingerprint density at radius 3 is 2.30 bits per heavy atom. The molecule has 1 rings (SSSR count). The van der Waals surface area contributed by atoms with E-state index in [1.807, 2.05) is 0 Å². The molecule has 0 amide bonds. The second-order valence-corrected chi connectivity index (χ2v) is 4.48. The van der Waals surface area contributed by atoms with E-state index in [0.717, 1.165) is 5.56 Å².